The van der Waals surface area contributed by atoms with Crippen LogP contribution in [0.1, 0.15) is 13.3 Å². The normalized spacial score (nSPS) is 16.3. The van der Waals surface area contributed by atoms with Gasteiger partial charge in [0.15, 0.2) is 0 Å². The number of rotatable bonds is 1. The van der Waals surface area contributed by atoms with Gasteiger partial charge in [0.25, 0.3) is 5.78 Å². The third-order valence-electron chi connectivity index (χ3n) is 1.54. The smallest absolute Gasteiger partial charge is 0.361 e. The van der Waals surface area contributed by atoms with Crippen LogP contribution >= 0.6 is 0 Å². The van der Waals surface area contributed by atoms with Gasteiger partial charge in [0, 0.05) is 6.08 Å². The van der Waals surface area contributed by atoms with Crippen molar-refractivity contribution in [2.24, 2.45) is 0 Å². The summed E-state index contributed by atoms with van der Waals surface area (Å²) >= 11 is 0. The summed E-state index contributed by atoms with van der Waals surface area (Å²) in [7, 11) is 0. The van der Waals surface area contributed by atoms with Crippen molar-refractivity contribution in [3.8, 4) is 0 Å². The predicted molar refractivity (Wildman–Crippen MR) is 41.1 cm³/mol. The monoisotopic (exact) mass is 148 g/mol. The fourth-order valence-electron chi connectivity index (χ4n) is 0.861. The van der Waals surface area contributed by atoms with E-state index >= 15 is 0 Å². The first-order valence-corrected chi connectivity index (χ1v) is 3.43. The molecule has 0 aromatic heterocycles. The van der Waals surface area contributed by atoms with Gasteiger partial charge in [-0.2, -0.15) is 4.79 Å². The highest BCUT2D eigenvalue weighted by molar-refractivity contribution is 6.46. The maximum atomic E-state index is 10.9. The molecular formula is C8H8N2O. The average molecular weight is 148 g/mol. The summed E-state index contributed by atoms with van der Waals surface area (Å²) in [6.07, 6.45) is 5.57. The van der Waals surface area contributed by atoms with Gasteiger partial charge >= 0.3 is 5.71 Å². The van der Waals surface area contributed by atoms with Crippen LogP contribution in [-0.4, -0.2) is 16.3 Å². The molecule has 0 bridgehead atoms. The van der Waals surface area contributed by atoms with Crippen LogP contribution in [0, 0.1) is 0 Å². The minimum absolute atomic E-state index is 0.115. The van der Waals surface area contributed by atoms with Crippen molar-refractivity contribution in [3.63, 3.8) is 0 Å². The summed E-state index contributed by atoms with van der Waals surface area (Å²) in [6, 6.07) is 0. The lowest BCUT2D eigenvalue weighted by Crippen LogP contribution is -2.13. The number of hydrogen-bond acceptors (Lipinski definition) is 1. The number of carbonyl (C=O) groups excluding carboxylic acids is 1. The Bertz CT molecular complexity index is 293. The van der Waals surface area contributed by atoms with Crippen LogP contribution in [0.15, 0.2) is 23.8 Å². The van der Waals surface area contributed by atoms with E-state index in [9.17, 15) is 4.79 Å². The lowest BCUT2D eigenvalue weighted by molar-refractivity contribution is -0.112. The lowest BCUT2D eigenvalue weighted by atomic mass is 10.0. The molecule has 0 radical (unpaired) electrons. The Balaban J connectivity index is 3.02. The Morgan fingerprint density at radius 2 is 2.27 bits per heavy atom. The first kappa shape index (κ1) is 7.63. The molecule has 11 heavy (non-hydrogen) atoms. The van der Waals surface area contributed by atoms with Crippen LogP contribution in [0.3, 0.4) is 0 Å². The van der Waals surface area contributed by atoms with E-state index in [1.54, 1.807) is 12.2 Å². The highest BCUT2D eigenvalue weighted by Crippen LogP contribution is 2.07. The average Bonchev–Trinajstić information content (AvgIpc) is 2.05. The Kier molecular flexibility index (Phi) is 2.14. The van der Waals surface area contributed by atoms with Crippen LogP contribution in [0.4, 0.5) is 0 Å². The summed E-state index contributed by atoms with van der Waals surface area (Å²) in [6.45, 7) is 1.97. The molecule has 0 fully saturated rings. The lowest BCUT2D eigenvalue weighted by Gasteiger charge is -1.97. The molecule has 3 nitrogen and oxygen atoms in total. The predicted octanol–water partition coefficient (Wildman–Crippen LogP) is 1.13. The quantitative estimate of drug-likeness (QED) is 0.312. The van der Waals surface area contributed by atoms with Crippen molar-refractivity contribution < 1.29 is 9.58 Å². The van der Waals surface area contributed by atoms with Gasteiger partial charge in [-0.15, -0.1) is 0 Å². The molecule has 0 N–H and O–H groups in total. The second-order valence-corrected chi connectivity index (χ2v) is 2.26. The Morgan fingerprint density at radius 1 is 1.55 bits per heavy atom. The van der Waals surface area contributed by atoms with Crippen LogP contribution in [0.2, 0.25) is 0 Å². The number of ketones is 1. The summed E-state index contributed by atoms with van der Waals surface area (Å²) in [5.74, 6) is -0.246. The Hall–Kier alpha value is -1.47. The first-order chi connectivity index (χ1) is 5.27. The SMILES string of the molecule is CCC1=CC(=[N+]=[N-])C(=O)C=C1. The maximum absolute atomic E-state index is 10.9. The van der Waals surface area contributed by atoms with E-state index < -0.39 is 0 Å². The fraction of sp³-hybridized carbons (Fsp3) is 0.250. The zero-order chi connectivity index (χ0) is 8.27. The van der Waals surface area contributed by atoms with Crippen molar-refractivity contribution >= 4 is 11.5 Å². The molecule has 0 aromatic carbocycles. The molecule has 0 unspecified atom stereocenters. The van der Waals surface area contributed by atoms with Crippen molar-refractivity contribution in [1.29, 1.82) is 0 Å². The standard InChI is InChI=1S/C8H8N2O/c1-2-6-3-4-8(11)7(5-6)10-9/h3-5H,2H2,1H3. The molecule has 0 aromatic rings. The zero-order valence-corrected chi connectivity index (χ0v) is 6.24. The summed E-state index contributed by atoms with van der Waals surface area (Å²) in [5, 5.41) is 0. The summed E-state index contributed by atoms with van der Waals surface area (Å²) in [5.41, 5.74) is 9.48. The van der Waals surface area contributed by atoms with E-state index in [0.29, 0.717) is 0 Å². The van der Waals surface area contributed by atoms with Crippen molar-refractivity contribution in [2.75, 3.05) is 0 Å². The third kappa shape index (κ3) is 1.51. The van der Waals surface area contributed by atoms with E-state index in [0.717, 1.165) is 12.0 Å². The number of hydrogen-bond donors (Lipinski definition) is 0. The van der Waals surface area contributed by atoms with Gasteiger partial charge in [0.1, 0.15) is 0 Å². The van der Waals surface area contributed by atoms with Gasteiger partial charge in [0.05, 0.1) is 0 Å². The van der Waals surface area contributed by atoms with Gasteiger partial charge in [-0.05, 0) is 18.1 Å². The van der Waals surface area contributed by atoms with Crippen molar-refractivity contribution in [3.05, 3.63) is 29.3 Å². The fourth-order valence-corrected chi connectivity index (χ4v) is 0.861. The van der Waals surface area contributed by atoms with E-state index in [4.69, 9.17) is 5.53 Å². The largest absolute Gasteiger partial charge is 0.362 e. The molecule has 0 heterocycles. The molecule has 3 heteroatoms. The highest BCUT2D eigenvalue weighted by atomic mass is 16.1. The number of carbonyl (C=O) groups is 1. The van der Waals surface area contributed by atoms with Crippen LogP contribution < -0.4 is 0 Å². The summed E-state index contributed by atoms with van der Waals surface area (Å²) in [4.78, 5) is 13.7. The molecule has 1 rings (SSSR count). The molecular weight excluding hydrogens is 140 g/mol. The van der Waals surface area contributed by atoms with E-state index in [2.05, 4.69) is 4.79 Å². The van der Waals surface area contributed by atoms with Gasteiger partial charge in [-0.1, -0.05) is 13.0 Å². The molecule has 0 amide bonds. The zero-order valence-electron chi connectivity index (χ0n) is 6.24. The second-order valence-electron chi connectivity index (χ2n) is 2.26. The first-order valence-electron chi connectivity index (χ1n) is 3.43. The Morgan fingerprint density at radius 3 is 2.82 bits per heavy atom. The molecule has 0 saturated heterocycles. The third-order valence-corrected chi connectivity index (χ3v) is 1.54. The minimum atomic E-state index is -0.246. The van der Waals surface area contributed by atoms with Gasteiger partial charge in [-0.3, -0.25) is 4.79 Å². The molecule has 0 saturated carbocycles. The molecule has 1 aliphatic carbocycles. The molecule has 0 atom stereocenters. The van der Waals surface area contributed by atoms with Crippen molar-refractivity contribution in [2.45, 2.75) is 13.3 Å². The van der Waals surface area contributed by atoms with E-state index in [-0.39, 0.29) is 11.5 Å². The van der Waals surface area contributed by atoms with Gasteiger partial charge < -0.3 is 5.53 Å². The number of nitrogens with zero attached hydrogens (tertiary/aromatic N) is 2. The maximum Gasteiger partial charge on any atom is 0.362 e. The van der Waals surface area contributed by atoms with Crippen LogP contribution in [0.25, 0.3) is 5.53 Å². The summed E-state index contributed by atoms with van der Waals surface area (Å²) < 4.78 is 0. The van der Waals surface area contributed by atoms with Gasteiger partial charge in [-0.25, -0.2) is 0 Å². The molecule has 0 spiro atoms. The minimum Gasteiger partial charge on any atom is -0.361 e. The van der Waals surface area contributed by atoms with E-state index in [1.165, 1.54) is 6.08 Å². The van der Waals surface area contributed by atoms with Crippen LogP contribution in [0.5, 0.6) is 0 Å². The highest BCUT2D eigenvalue weighted by Gasteiger charge is 2.17. The molecule has 56 valence electrons. The van der Waals surface area contributed by atoms with Crippen LogP contribution in [-0.2, 0) is 4.79 Å². The van der Waals surface area contributed by atoms with E-state index in [1.807, 2.05) is 6.92 Å². The topological polar surface area (TPSA) is 53.5 Å². The second kappa shape index (κ2) is 3.08. The van der Waals surface area contributed by atoms with Crippen molar-refractivity contribution in [1.82, 2.24) is 0 Å². The number of allylic oxidation sites excluding steroid dienone is 4. The molecule has 0 aliphatic heterocycles. The molecule has 1 aliphatic rings. The van der Waals surface area contributed by atoms with Gasteiger partial charge in [0.2, 0.25) is 0 Å². The Labute approximate surface area is 64.7 Å².